The van der Waals surface area contributed by atoms with Crippen molar-refractivity contribution in [2.24, 2.45) is 0 Å². The molecule has 1 aliphatic heterocycles. The molecule has 2 atom stereocenters. The lowest BCUT2D eigenvalue weighted by Crippen LogP contribution is -2.59. The minimum Gasteiger partial charge on any atom is -0.465 e. The highest BCUT2D eigenvalue weighted by Gasteiger charge is 2.43. The predicted octanol–water partition coefficient (Wildman–Crippen LogP) is 5.08. The maximum atomic E-state index is 11.6. The Morgan fingerprint density at radius 2 is 1.95 bits per heavy atom. The highest BCUT2D eigenvalue weighted by Crippen LogP contribution is 2.41. The number of hydrogen-bond acceptors (Lipinski definition) is 10. The van der Waals surface area contributed by atoms with Crippen molar-refractivity contribution >= 4 is 54.8 Å². The number of anilines is 4. The molecule has 0 spiro atoms. The Labute approximate surface area is 255 Å². The summed E-state index contributed by atoms with van der Waals surface area (Å²) in [4.78, 5) is 22.6. The van der Waals surface area contributed by atoms with Crippen LogP contribution in [0.1, 0.15) is 51.3 Å². The van der Waals surface area contributed by atoms with Crippen LogP contribution in [0.25, 0.3) is 5.65 Å². The Kier molecular flexibility index (Phi) is 8.13. The van der Waals surface area contributed by atoms with Crippen molar-refractivity contribution in [2.75, 3.05) is 28.6 Å². The molecule has 1 aromatic carbocycles. The van der Waals surface area contributed by atoms with Gasteiger partial charge in [0.15, 0.2) is 25.5 Å². The van der Waals surface area contributed by atoms with E-state index in [-0.39, 0.29) is 28.8 Å². The molecule has 15 heteroatoms. The molecule has 1 saturated carbocycles. The largest absolute Gasteiger partial charge is 0.465 e. The molecular formula is C28H35ClN10O3Si. The number of rotatable bonds is 8. The van der Waals surface area contributed by atoms with E-state index in [2.05, 4.69) is 77.0 Å². The van der Waals surface area contributed by atoms with Crippen molar-refractivity contribution in [2.45, 2.75) is 76.4 Å². The predicted molar refractivity (Wildman–Crippen MR) is 165 cm³/mol. The van der Waals surface area contributed by atoms with E-state index in [0.29, 0.717) is 52.9 Å². The first-order chi connectivity index (χ1) is 20.3. The molecule has 5 rings (SSSR count). The lowest BCUT2D eigenvalue weighted by atomic mass is 10.0. The Morgan fingerprint density at radius 1 is 1.21 bits per heavy atom. The second-order valence-electron chi connectivity index (χ2n) is 12.5. The van der Waals surface area contributed by atoms with Crippen molar-refractivity contribution in [3.8, 4) is 12.1 Å². The molecular weight excluding hydrogens is 588 g/mol. The molecule has 0 unspecified atom stereocenters. The second kappa shape index (κ2) is 11.5. The molecule has 13 nitrogen and oxygen atoms in total. The minimum atomic E-state index is -2.26. The quantitative estimate of drug-likeness (QED) is 0.246. The SMILES string of the molecule is CC(C)(C)[Si](C)(C)O[C@H]1CN(c2cc(C#N)cc(Nc3nc(NC4CC4)c4ncc(C#N)n4n3)c2Cl)CC[C@H]1NC(=O)O. The summed E-state index contributed by atoms with van der Waals surface area (Å²) in [5.74, 6) is 0.671. The molecule has 226 valence electrons. The first kappa shape index (κ1) is 30.3. The normalized spacial score (nSPS) is 19.0. The van der Waals surface area contributed by atoms with Gasteiger partial charge in [-0.15, -0.1) is 5.10 Å². The summed E-state index contributed by atoms with van der Waals surface area (Å²) in [5.41, 5.74) is 2.09. The topological polar surface area (TPSA) is 177 Å². The molecule has 1 aliphatic carbocycles. The highest BCUT2D eigenvalue weighted by molar-refractivity contribution is 6.74. The van der Waals surface area contributed by atoms with Crippen LogP contribution in [-0.4, -0.2) is 70.4 Å². The van der Waals surface area contributed by atoms with E-state index in [1.807, 2.05) is 4.90 Å². The Balaban J connectivity index is 1.48. The third kappa shape index (κ3) is 6.46. The van der Waals surface area contributed by atoms with Crippen molar-refractivity contribution < 1.29 is 14.3 Å². The molecule has 2 aromatic heterocycles. The average Bonchev–Trinajstić information content (AvgIpc) is 3.65. The third-order valence-corrected chi connectivity index (χ3v) is 13.2. The number of carboxylic acid groups (broad SMARTS) is 1. The van der Waals surface area contributed by atoms with Gasteiger partial charge >= 0.3 is 6.09 Å². The van der Waals surface area contributed by atoms with Crippen LogP contribution in [-0.2, 0) is 4.43 Å². The van der Waals surface area contributed by atoms with Gasteiger partial charge in [0.2, 0.25) is 5.95 Å². The van der Waals surface area contributed by atoms with Crippen LogP contribution in [0, 0.1) is 22.7 Å². The third-order valence-electron chi connectivity index (χ3n) is 8.28. The fourth-order valence-corrected chi connectivity index (χ4v) is 6.40. The molecule has 2 fully saturated rings. The summed E-state index contributed by atoms with van der Waals surface area (Å²) in [5, 5.41) is 42.8. The second-order valence-corrected chi connectivity index (χ2v) is 17.6. The van der Waals surface area contributed by atoms with Crippen molar-refractivity contribution in [1.29, 1.82) is 10.5 Å². The fraction of sp³-hybridized carbons (Fsp3) is 0.500. The van der Waals surface area contributed by atoms with Crippen molar-refractivity contribution in [1.82, 2.24) is 24.9 Å². The molecule has 0 radical (unpaired) electrons. The summed E-state index contributed by atoms with van der Waals surface area (Å²) >= 11 is 6.99. The zero-order valence-corrected chi connectivity index (χ0v) is 26.5. The van der Waals surface area contributed by atoms with E-state index in [4.69, 9.17) is 16.0 Å². The number of hydrogen-bond donors (Lipinski definition) is 4. The van der Waals surface area contributed by atoms with Gasteiger partial charge < -0.3 is 30.4 Å². The number of imidazole rings is 1. The van der Waals surface area contributed by atoms with Gasteiger partial charge in [-0.2, -0.15) is 20.0 Å². The monoisotopic (exact) mass is 622 g/mol. The molecule has 1 saturated heterocycles. The van der Waals surface area contributed by atoms with Crippen molar-refractivity contribution in [3.63, 3.8) is 0 Å². The standard InChI is InChI=1S/C28H35ClN10O3Si/c1-28(2,3)43(4,5)42-22-15-38(9-8-19(22)35-27(40)41)21-11-16(12-30)10-20(23(21)29)34-26-36-24(33-17-6-7-17)25-32-14-18(13-31)39(25)37-26/h10-11,14,17,19,22,35H,6-9,15H2,1-5H3,(H,40,41)(H2,33,34,36,37)/t19-,22+/m1/s1. The van der Waals surface area contributed by atoms with E-state index in [1.165, 1.54) is 10.7 Å². The van der Waals surface area contributed by atoms with Crippen LogP contribution in [0.3, 0.4) is 0 Å². The van der Waals surface area contributed by atoms with Gasteiger partial charge in [-0.25, -0.2) is 9.78 Å². The molecule has 2 aliphatic rings. The maximum absolute atomic E-state index is 11.6. The zero-order valence-electron chi connectivity index (χ0n) is 24.8. The fourth-order valence-electron chi connectivity index (χ4n) is 4.78. The summed E-state index contributed by atoms with van der Waals surface area (Å²) < 4.78 is 8.14. The van der Waals surface area contributed by atoms with Crippen LogP contribution in [0.15, 0.2) is 18.3 Å². The van der Waals surface area contributed by atoms with Gasteiger partial charge in [0.05, 0.1) is 46.4 Å². The smallest absolute Gasteiger partial charge is 0.404 e. The number of carbonyl (C=O) groups is 1. The number of nitrogens with one attached hydrogen (secondary N) is 3. The lowest BCUT2D eigenvalue weighted by Gasteiger charge is -2.46. The molecule has 3 heterocycles. The van der Waals surface area contributed by atoms with Crippen LogP contribution < -0.4 is 20.9 Å². The van der Waals surface area contributed by atoms with Gasteiger partial charge in [0, 0.05) is 19.1 Å². The summed E-state index contributed by atoms with van der Waals surface area (Å²) in [7, 11) is -2.26. The van der Waals surface area contributed by atoms with Gasteiger partial charge in [0.25, 0.3) is 0 Å². The first-order valence-electron chi connectivity index (χ1n) is 14.1. The lowest BCUT2D eigenvalue weighted by molar-refractivity contribution is 0.115. The number of nitrogens with zero attached hydrogens (tertiary/aromatic N) is 7. The number of halogens is 1. The summed E-state index contributed by atoms with van der Waals surface area (Å²) in [6.45, 7) is 11.6. The molecule has 0 bridgehead atoms. The number of piperidine rings is 1. The van der Waals surface area contributed by atoms with Crippen LogP contribution in [0.4, 0.5) is 27.9 Å². The van der Waals surface area contributed by atoms with Gasteiger partial charge in [-0.3, -0.25) is 0 Å². The number of aromatic nitrogens is 4. The van der Waals surface area contributed by atoms with Crippen LogP contribution in [0.5, 0.6) is 0 Å². The average molecular weight is 623 g/mol. The summed E-state index contributed by atoms with van der Waals surface area (Å²) in [6, 6.07) is 7.53. The van der Waals surface area contributed by atoms with Gasteiger partial charge in [-0.1, -0.05) is 32.4 Å². The molecule has 4 N–H and O–H groups in total. The maximum Gasteiger partial charge on any atom is 0.404 e. The van der Waals surface area contributed by atoms with E-state index in [0.717, 1.165) is 12.8 Å². The van der Waals surface area contributed by atoms with E-state index < -0.39 is 20.5 Å². The molecule has 43 heavy (non-hydrogen) atoms. The van der Waals surface area contributed by atoms with Crippen LogP contribution >= 0.6 is 11.6 Å². The number of fused-ring (bicyclic) bond motifs is 1. The first-order valence-corrected chi connectivity index (χ1v) is 17.4. The van der Waals surface area contributed by atoms with Crippen molar-refractivity contribution in [3.05, 3.63) is 34.6 Å². The summed E-state index contributed by atoms with van der Waals surface area (Å²) in [6.07, 6.45) is 2.46. The number of nitriles is 2. The van der Waals surface area contributed by atoms with E-state index in [1.54, 1.807) is 12.1 Å². The van der Waals surface area contributed by atoms with E-state index in [9.17, 15) is 20.4 Å². The van der Waals surface area contributed by atoms with Gasteiger partial charge in [-0.05, 0) is 49.5 Å². The number of benzene rings is 1. The Hall–Kier alpha value is -4.11. The Bertz CT molecular complexity index is 1640. The molecule has 3 aromatic rings. The number of amides is 1. The van der Waals surface area contributed by atoms with E-state index >= 15 is 0 Å². The Morgan fingerprint density at radius 3 is 2.58 bits per heavy atom. The van der Waals surface area contributed by atoms with Crippen LogP contribution in [0.2, 0.25) is 23.2 Å². The zero-order chi connectivity index (χ0) is 31.1. The highest BCUT2D eigenvalue weighted by atomic mass is 35.5. The molecule has 1 amide bonds. The minimum absolute atomic E-state index is 0.0759. The van der Waals surface area contributed by atoms with Gasteiger partial charge in [0.1, 0.15) is 6.07 Å².